The Hall–Kier alpha value is -3.08. The summed E-state index contributed by atoms with van der Waals surface area (Å²) in [6.07, 6.45) is -5.70. The highest BCUT2D eigenvalue weighted by Gasteiger charge is 2.64. The zero-order valence-corrected chi connectivity index (χ0v) is 15.8. The molecule has 1 amide bonds. The summed E-state index contributed by atoms with van der Waals surface area (Å²) >= 11 is 0. The van der Waals surface area contributed by atoms with Gasteiger partial charge in [0.15, 0.2) is 0 Å². The third-order valence-electron chi connectivity index (χ3n) is 3.48. The van der Waals surface area contributed by atoms with E-state index in [2.05, 4.69) is 0 Å². The maximum atomic E-state index is 13.2. The summed E-state index contributed by atoms with van der Waals surface area (Å²) < 4.78 is 62.2. The third-order valence-corrected chi connectivity index (χ3v) is 4.64. The Bertz CT molecular complexity index is 892. The highest BCUT2D eigenvalue weighted by Crippen LogP contribution is 2.54. The number of carboxylic acid groups (broad SMARTS) is 1. The largest absolute Gasteiger partial charge is 0.480 e. The van der Waals surface area contributed by atoms with Gasteiger partial charge in [-0.05, 0) is 24.3 Å². The van der Waals surface area contributed by atoms with E-state index in [1.807, 2.05) is 0 Å². The van der Waals surface area contributed by atoms with Crippen LogP contribution in [0.3, 0.4) is 0 Å². The van der Waals surface area contributed by atoms with Gasteiger partial charge in [0.1, 0.15) is 18.0 Å². The molecule has 13 heteroatoms. The molecule has 0 aliphatic rings. The van der Waals surface area contributed by atoms with E-state index in [0.717, 1.165) is 24.3 Å². The van der Waals surface area contributed by atoms with Crippen molar-refractivity contribution in [3.63, 3.8) is 0 Å². The smallest absolute Gasteiger partial charge is 0.471 e. The fourth-order valence-electron chi connectivity index (χ4n) is 2.28. The van der Waals surface area contributed by atoms with E-state index in [1.54, 1.807) is 0 Å². The van der Waals surface area contributed by atoms with E-state index in [-0.39, 0.29) is 0 Å². The zero-order valence-electron chi connectivity index (χ0n) is 14.9. The van der Waals surface area contributed by atoms with Crippen molar-refractivity contribution < 1.29 is 51.7 Å². The Kier molecular flexibility index (Phi) is 6.76. The molecular formula is C17H15F3NO8P. The van der Waals surface area contributed by atoms with Crippen LogP contribution in [-0.2, 0) is 14.2 Å². The van der Waals surface area contributed by atoms with Crippen LogP contribution in [0.5, 0.6) is 11.5 Å². The number of carboxylic acids is 1. The second-order valence-corrected chi connectivity index (χ2v) is 7.36. The minimum Gasteiger partial charge on any atom is -0.480 e. The first-order valence-electron chi connectivity index (χ1n) is 8.01. The molecule has 0 spiro atoms. The monoisotopic (exact) mass is 449 g/mol. The number of benzene rings is 2. The topological polar surface area (TPSA) is 134 Å². The summed E-state index contributed by atoms with van der Waals surface area (Å²) in [6.45, 7) is -1.79. The maximum absolute atomic E-state index is 13.2. The molecule has 0 heterocycles. The highest BCUT2D eigenvalue weighted by atomic mass is 31.2. The van der Waals surface area contributed by atoms with Crippen molar-refractivity contribution in [3.05, 3.63) is 60.7 Å². The Morgan fingerprint density at radius 1 is 0.900 bits per heavy atom. The van der Waals surface area contributed by atoms with Crippen molar-refractivity contribution in [1.82, 2.24) is 4.90 Å². The summed E-state index contributed by atoms with van der Waals surface area (Å²) in [5.41, 5.74) is -3.78. The lowest BCUT2D eigenvalue weighted by molar-refractivity contribution is -0.223. The molecule has 0 aliphatic carbocycles. The molecule has 0 aliphatic heterocycles. The molecule has 0 unspecified atom stereocenters. The quantitative estimate of drug-likeness (QED) is 0.413. The van der Waals surface area contributed by atoms with Gasteiger partial charge in [0.2, 0.25) is 0 Å². The molecule has 2 aromatic rings. The van der Waals surface area contributed by atoms with Crippen LogP contribution in [-0.4, -0.2) is 50.0 Å². The first-order valence-corrected chi connectivity index (χ1v) is 9.62. The number of para-hydroxylation sites is 2. The van der Waals surface area contributed by atoms with Gasteiger partial charge >= 0.3 is 31.3 Å². The number of hydrogen-bond acceptors (Lipinski definition) is 5. The molecule has 0 saturated carbocycles. The Morgan fingerprint density at radius 2 is 1.30 bits per heavy atom. The molecule has 3 N–H and O–H groups in total. The number of amides is 1. The summed E-state index contributed by atoms with van der Waals surface area (Å²) in [5.74, 6) is -5.69. The summed E-state index contributed by atoms with van der Waals surface area (Å²) in [5, 5.41) is 9.03. The fourth-order valence-corrected chi connectivity index (χ4v) is 3.20. The number of ether oxygens (including phenoxy) is 2. The van der Waals surface area contributed by atoms with Gasteiger partial charge in [-0.15, -0.1) is 0 Å². The minimum atomic E-state index is -5.98. The maximum Gasteiger partial charge on any atom is 0.471 e. The van der Waals surface area contributed by atoms with Crippen LogP contribution in [0.1, 0.15) is 0 Å². The molecule has 0 bridgehead atoms. The first kappa shape index (κ1) is 23.2. The number of hydrogen-bond donors (Lipinski definition) is 3. The summed E-state index contributed by atoms with van der Waals surface area (Å²) in [4.78, 5) is 42.4. The predicted octanol–water partition coefficient (Wildman–Crippen LogP) is 2.41. The predicted molar refractivity (Wildman–Crippen MR) is 94.3 cm³/mol. The number of halogens is 3. The van der Waals surface area contributed by atoms with Gasteiger partial charge in [-0.2, -0.15) is 13.2 Å². The van der Waals surface area contributed by atoms with Crippen molar-refractivity contribution in [1.29, 1.82) is 0 Å². The molecule has 2 aromatic carbocycles. The molecule has 0 atom stereocenters. The molecule has 0 fully saturated rings. The molecule has 162 valence electrons. The molecule has 2 rings (SSSR count). The van der Waals surface area contributed by atoms with Gasteiger partial charge in [0.05, 0.1) is 0 Å². The number of carbonyl (C=O) groups excluding carboxylic acids is 1. The Labute approximate surface area is 167 Å². The molecule has 0 saturated heterocycles. The average molecular weight is 449 g/mol. The van der Waals surface area contributed by atoms with Crippen LogP contribution in [0, 0.1) is 0 Å². The van der Waals surface area contributed by atoms with E-state index in [9.17, 15) is 37.1 Å². The van der Waals surface area contributed by atoms with Crippen LogP contribution in [0.25, 0.3) is 0 Å². The minimum absolute atomic E-state index is 0.401. The van der Waals surface area contributed by atoms with Crippen molar-refractivity contribution >= 4 is 19.5 Å². The van der Waals surface area contributed by atoms with Crippen molar-refractivity contribution in [2.24, 2.45) is 0 Å². The SMILES string of the molecule is O=C(O)CN(C(=O)C(F)(F)F)C(Oc1ccccc1)(Oc1ccccc1)P(=O)(O)O. The van der Waals surface area contributed by atoms with Crippen LogP contribution in [0.4, 0.5) is 13.2 Å². The molecule has 0 radical (unpaired) electrons. The first-order chi connectivity index (χ1) is 13.9. The van der Waals surface area contributed by atoms with E-state index in [0.29, 0.717) is 0 Å². The Balaban J connectivity index is 2.75. The molecule has 9 nitrogen and oxygen atoms in total. The van der Waals surface area contributed by atoms with E-state index >= 15 is 0 Å². The van der Waals surface area contributed by atoms with Gasteiger partial charge < -0.3 is 24.4 Å². The number of carbonyl (C=O) groups is 2. The molecular weight excluding hydrogens is 434 g/mol. The van der Waals surface area contributed by atoms with Gasteiger partial charge in [0.25, 0.3) is 0 Å². The van der Waals surface area contributed by atoms with Gasteiger partial charge in [-0.3, -0.25) is 9.59 Å². The van der Waals surface area contributed by atoms with E-state index in [4.69, 9.17) is 14.6 Å². The number of rotatable bonds is 8. The Morgan fingerprint density at radius 3 is 1.60 bits per heavy atom. The second-order valence-electron chi connectivity index (χ2n) is 5.71. The van der Waals surface area contributed by atoms with Crippen LogP contribution < -0.4 is 9.47 Å². The molecule has 30 heavy (non-hydrogen) atoms. The van der Waals surface area contributed by atoms with E-state index in [1.165, 1.54) is 36.4 Å². The standard InChI is InChI=1S/C17H15F3NO8P/c18-16(19,20)15(24)21(11-14(22)23)17(30(25,26)27,28-12-7-3-1-4-8-12)29-13-9-5-2-6-10-13/h1-10H,11H2,(H,22,23)(H2,25,26,27). The van der Waals surface area contributed by atoms with Crippen molar-refractivity contribution in [2.45, 2.75) is 11.8 Å². The van der Waals surface area contributed by atoms with E-state index < -0.39 is 54.2 Å². The average Bonchev–Trinajstić information content (AvgIpc) is 2.65. The number of alkyl halides is 3. The fraction of sp³-hybridized carbons (Fsp3) is 0.176. The zero-order chi connectivity index (χ0) is 22.6. The van der Waals surface area contributed by atoms with Crippen molar-refractivity contribution in [2.75, 3.05) is 6.54 Å². The molecule has 0 aromatic heterocycles. The van der Waals surface area contributed by atoms with Gasteiger partial charge in [-0.25, -0.2) is 9.46 Å². The van der Waals surface area contributed by atoms with Crippen LogP contribution >= 0.6 is 7.60 Å². The highest BCUT2D eigenvalue weighted by molar-refractivity contribution is 7.53. The number of aliphatic carboxylic acids is 1. The lowest BCUT2D eigenvalue weighted by Gasteiger charge is -2.41. The van der Waals surface area contributed by atoms with Gasteiger partial charge in [-0.1, -0.05) is 36.4 Å². The lowest BCUT2D eigenvalue weighted by Crippen LogP contribution is -2.63. The van der Waals surface area contributed by atoms with Crippen molar-refractivity contribution in [3.8, 4) is 11.5 Å². The summed E-state index contributed by atoms with van der Waals surface area (Å²) in [7, 11) is -5.98. The number of nitrogens with zero attached hydrogens (tertiary/aromatic N) is 1. The summed E-state index contributed by atoms with van der Waals surface area (Å²) in [6, 6.07) is 12.7. The van der Waals surface area contributed by atoms with Crippen LogP contribution in [0.2, 0.25) is 0 Å². The normalized spacial score (nSPS) is 12.2. The van der Waals surface area contributed by atoms with Gasteiger partial charge in [0, 0.05) is 0 Å². The lowest BCUT2D eigenvalue weighted by atomic mass is 10.3. The van der Waals surface area contributed by atoms with Crippen LogP contribution in [0.15, 0.2) is 60.7 Å². The third kappa shape index (κ3) is 5.29. The second kappa shape index (κ2) is 8.74.